The Hall–Kier alpha value is -2.70. The van der Waals surface area contributed by atoms with Crippen LogP contribution in [0, 0.1) is 6.92 Å². The monoisotopic (exact) mass is 411 g/mol. The van der Waals surface area contributed by atoms with Crippen molar-refractivity contribution in [2.45, 2.75) is 20.3 Å². The average Bonchev–Trinajstić information content (AvgIpc) is 3.25. The van der Waals surface area contributed by atoms with Gasteiger partial charge in [0.2, 0.25) is 5.91 Å². The third-order valence-electron chi connectivity index (χ3n) is 4.75. The molecule has 2 heterocycles. The topological polar surface area (TPSA) is 62.3 Å². The van der Waals surface area contributed by atoms with Gasteiger partial charge in [0.25, 0.3) is 5.91 Å². The number of halogens is 1. The molecule has 5 nitrogen and oxygen atoms in total. The number of carbonyl (C=O) groups excluding carboxylic acids is 2. The number of hydrogen-bond acceptors (Lipinski definition) is 4. The quantitative estimate of drug-likeness (QED) is 0.664. The van der Waals surface area contributed by atoms with Gasteiger partial charge in [-0.3, -0.25) is 14.9 Å². The van der Waals surface area contributed by atoms with Gasteiger partial charge in [-0.1, -0.05) is 23.7 Å². The van der Waals surface area contributed by atoms with Crippen molar-refractivity contribution in [3.05, 3.63) is 63.5 Å². The zero-order chi connectivity index (χ0) is 19.8. The molecular weight excluding hydrogens is 394 g/mol. The molecule has 28 heavy (non-hydrogen) atoms. The largest absolute Gasteiger partial charge is 0.312 e. The zero-order valence-electron chi connectivity index (χ0n) is 15.5. The molecule has 0 spiro atoms. The van der Waals surface area contributed by atoms with Gasteiger partial charge in [-0.2, -0.15) is 0 Å². The molecule has 1 aliphatic rings. The number of thiazole rings is 1. The van der Waals surface area contributed by atoms with Crippen LogP contribution in [0.4, 0.5) is 10.8 Å². The first-order chi connectivity index (χ1) is 13.4. The summed E-state index contributed by atoms with van der Waals surface area (Å²) in [6.07, 6.45) is 0.757. The van der Waals surface area contributed by atoms with Gasteiger partial charge in [0.1, 0.15) is 0 Å². The Kier molecular flexibility index (Phi) is 4.91. The maximum atomic E-state index is 12.7. The minimum Gasteiger partial charge on any atom is -0.312 e. The van der Waals surface area contributed by atoms with E-state index < -0.39 is 0 Å². The van der Waals surface area contributed by atoms with Gasteiger partial charge in [-0.15, -0.1) is 11.3 Å². The van der Waals surface area contributed by atoms with Crippen molar-refractivity contribution < 1.29 is 9.59 Å². The first-order valence-corrected chi connectivity index (χ1v) is 10.1. The molecule has 0 radical (unpaired) electrons. The van der Waals surface area contributed by atoms with E-state index >= 15 is 0 Å². The minimum atomic E-state index is -0.208. The fourth-order valence-electron chi connectivity index (χ4n) is 3.36. The summed E-state index contributed by atoms with van der Waals surface area (Å²) in [5.41, 5.74) is 4.26. The lowest BCUT2D eigenvalue weighted by Crippen LogP contribution is -2.25. The fraction of sp³-hybridized carbons (Fsp3) is 0.190. The molecule has 0 unspecified atom stereocenters. The number of nitrogens with zero attached hydrogens (tertiary/aromatic N) is 2. The number of amides is 2. The van der Waals surface area contributed by atoms with Crippen LogP contribution in [0.25, 0.3) is 11.3 Å². The molecule has 0 saturated heterocycles. The Morgan fingerprint density at radius 1 is 1.18 bits per heavy atom. The van der Waals surface area contributed by atoms with Crippen LogP contribution >= 0.6 is 22.9 Å². The molecule has 0 bridgehead atoms. The van der Waals surface area contributed by atoms with Crippen LogP contribution in [-0.4, -0.2) is 23.3 Å². The number of hydrogen-bond donors (Lipinski definition) is 1. The Labute approximate surface area is 172 Å². The number of anilines is 2. The van der Waals surface area contributed by atoms with E-state index in [4.69, 9.17) is 11.6 Å². The highest BCUT2D eigenvalue weighted by Crippen LogP contribution is 2.32. The van der Waals surface area contributed by atoms with Crippen LogP contribution in [0.5, 0.6) is 0 Å². The molecule has 2 amide bonds. The lowest BCUT2D eigenvalue weighted by atomic mass is 10.1. The van der Waals surface area contributed by atoms with Gasteiger partial charge < -0.3 is 4.90 Å². The summed E-state index contributed by atoms with van der Waals surface area (Å²) < 4.78 is 0. The van der Waals surface area contributed by atoms with Crippen LogP contribution in [0.15, 0.2) is 42.5 Å². The molecule has 0 saturated carbocycles. The first kappa shape index (κ1) is 18.7. The average molecular weight is 412 g/mol. The number of aryl methyl sites for hydroxylation is 1. The normalized spacial score (nSPS) is 12.8. The first-order valence-electron chi connectivity index (χ1n) is 8.88. The standard InChI is InChI=1S/C21H18ClN3O2S/c1-12-19(14-3-6-17(22)7-4-14)23-21(28-12)24-20(27)16-5-8-18-15(11-16)9-10-25(18)13(2)26/h3-8,11H,9-10H2,1-2H3,(H,23,24,27). The number of benzene rings is 2. The van der Waals surface area contributed by atoms with Gasteiger partial charge in [0, 0.05) is 40.2 Å². The Morgan fingerprint density at radius 3 is 2.64 bits per heavy atom. The minimum absolute atomic E-state index is 0.0175. The second-order valence-corrected chi connectivity index (χ2v) is 8.29. The Bertz CT molecular complexity index is 1080. The molecule has 2 aromatic carbocycles. The maximum absolute atomic E-state index is 12.7. The van der Waals surface area contributed by atoms with E-state index in [1.807, 2.05) is 43.3 Å². The summed E-state index contributed by atoms with van der Waals surface area (Å²) in [6.45, 7) is 4.19. The summed E-state index contributed by atoms with van der Waals surface area (Å²) in [5, 5.41) is 4.11. The van der Waals surface area contributed by atoms with Gasteiger partial charge in [-0.05, 0) is 49.2 Å². The van der Waals surface area contributed by atoms with Crippen molar-refractivity contribution in [3.63, 3.8) is 0 Å². The van der Waals surface area contributed by atoms with Crippen molar-refractivity contribution in [2.75, 3.05) is 16.8 Å². The summed E-state index contributed by atoms with van der Waals surface area (Å²) in [5.74, 6) is -0.190. The number of nitrogens with one attached hydrogen (secondary N) is 1. The maximum Gasteiger partial charge on any atom is 0.257 e. The van der Waals surface area contributed by atoms with E-state index in [0.717, 1.165) is 33.8 Å². The smallest absolute Gasteiger partial charge is 0.257 e. The molecule has 7 heteroatoms. The van der Waals surface area contributed by atoms with E-state index in [-0.39, 0.29) is 11.8 Å². The summed E-state index contributed by atoms with van der Waals surface area (Å²) in [7, 11) is 0. The second kappa shape index (κ2) is 7.37. The van der Waals surface area contributed by atoms with E-state index in [0.29, 0.717) is 22.3 Å². The molecule has 1 N–H and O–H groups in total. The molecular formula is C21H18ClN3O2S. The van der Waals surface area contributed by atoms with Crippen molar-refractivity contribution in [2.24, 2.45) is 0 Å². The second-order valence-electron chi connectivity index (χ2n) is 6.65. The van der Waals surface area contributed by atoms with Crippen LogP contribution in [0.2, 0.25) is 5.02 Å². The predicted octanol–water partition coefficient (Wildman–Crippen LogP) is 4.93. The molecule has 142 valence electrons. The van der Waals surface area contributed by atoms with Crippen LogP contribution < -0.4 is 10.2 Å². The van der Waals surface area contributed by atoms with Crippen LogP contribution in [-0.2, 0) is 11.2 Å². The molecule has 1 aromatic heterocycles. The lowest BCUT2D eigenvalue weighted by molar-refractivity contribution is -0.116. The molecule has 4 rings (SSSR count). The number of fused-ring (bicyclic) bond motifs is 1. The third-order valence-corrected chi connectivity index (χ3v) is 5.89. The Morgan fingerprint density at radius 2 is 1.93 bits per heavy atom. The fourth-order valence-corrected chi connectivity index (χ4v) is 4.32. The van der Waals surface area contributed by atoms with E-state index in [2.05, 4.69) is 10.3 Å². The van der Waals surface area contributed by atoms with Crippen molar-refractivity contribution in [1.29, 1.82) is 0 Å². The third kappa shape index (κ3) is 3.53. The van der Waals surface area contributed by atoms with Crippen LogP contribution in [0.1, 0.15) is 27.7 Å². The number of rotatable bonds is 3. The van der Waals surface area contributed by atoms with Crippen LogP contribution in [0.3, 0.4) is 0 Å². The van der Waals surface area contributed by atoms with E-state index in [1.54, 1.807) is 17.9 Å². The van der Waals surface area contributed by atoms with Crippen molar-refractivity contribution in [3.8, 4) is 11.3 Å². The Balaban J connectivity index is 1.54. The number of aromatic nitrogens is 1. The van der Waals surface area contributed by atoms with Crippen molar-refractivity contribution in [1.82, 2.24) is 4.98 Å². The lowest BCUT2D eigenvalue weighted by Gasteiger charge is -2.14. The van der Waals surface area contributed by atoms with Gasteiger partial charge in [0.15, 0.2) is 5.13 Å². The summed E-state index contributed by atoms with van der Waals surface area (Å²) >= 11 is 7.39. The van der Waals surface area contributed by atoms with E-state index in [1.165, 1.54) is 11.3 Å². The molecule has 0 fully saturated rings. The zero-order valence-corrected chi connectivity index (χ0v) is 17.0. The van der Waals surface area contributed by atoms with Gasteiger partial charge in [-0.25, -0.2) is 4.98 Å². The summed E-state index contributed by atoms with van der Waals surface area (Å²) in [6, 6.07) is 12.9. The predicted molar refractivity (Wildman–Crippen MR) is 113 cm³/mol. The molecule has 1 aliphatic heterocycles. The molecule has 0 atom stereocenters. The van der Waals surface area contributed by atoms with Crippen molar-refractivity contribution >= 4 is 45.6 Å². The summed E-state index contributed by atoms with van der Waals surface area (Å²) in [4.78, 5) is 31.7. The molecule has 0 aliphatic carbocycles. The van der Waals surface area contributed by atoms with Gasteiger partial charge >= 0.3 is 0 Å². The molecule has 3 aromatic rings. The van der Waals surface area contributed by atoms with Gasteiger partial charge in [0.05, 0.1) is 5.69 Å². The number of carbonyl (C=O) groups is 2. The highest BCUT2D eigenvalue weighted by molar-refractivity contribution is 7.16. The highest BCUT2D eigenvalue weighted by atomic mass is 35.5. The van der Waals surface area contributed by atoms with E-state index in [9.17, 15) is 9.59 Å². The SMILES string of the molecule is CC(=O)N1CCc2cc(C(=O)Nc3nc(-c4ccc(Cl)cc4)c(C)s3)ccc21. The highest BCUT2D eigenvalue weighted by Gasteiger charge is 2.23.